The van der Waals surface area contributed by atoms with Gasteiger partial charge in [0.15, 0.2) is 0 Å². The molecular weight excluding hydrogens is 280 g/mol. The van der Waals surface area contributed by atoms with Crippen LogP contribution in [0.25, 0.3) is 0 Å². The standard InChI is InChI=1S/C13H19BrN2O/c1-9-7-16(5-4-13(9)17)8-10-2-3-11(14)6-12(10)15/h2-3,6,9,13,17H,4-5,7-8,15H2,1H3. The van der Waals surface area contributed by atoms with E-state index in [1.165, 1.54) is 0 Å². The molecular formula is C13H19BrN2O. The van der Waals surface area contributed by atoms with Crippen molar-refractivity contribution in [2.24, 2.45) is 5.92 Å². The molecule has 4 heteroatoms. The first-order valence-electron chi connectivity index (χ1n) is 6.00. The summed E-state index contributed by atoms with van der Waals surface area (Å²) < 4.78 is 1.01. The molecule has 1 aliphatic heterocycles. The Hall–Kier alpha value is -0.580. The van der Waals surface area contributed by atoms with Crippen LogP contribution < -0.4 is 5.73 Å². The van der Waals surface area contributed by atoms with Gasteiger partial charge in [-0.2, -0.15) is 0 Å². The van der Waals surface area contributed by atoms with Crippen molar-refractivity contribution in [2.45, 2.75) is 26.0 Å². The van der Waals surface area contributed by atoms with E-state index in [4.69, 9.17) is 5.73 Å². The van der Waals surface area contributed by atoms with Crippen LogP contribution in [0.2, 0.25) is 0 Å². The van der Waals surface area contributed by atoms with Gasteiger partial charge in [0, 0.05) is 29.8 Å². The second-order valence-electron chi connectivity index (χ2n) is 4.91. The largest absolute Gasteiger partial charge is 0.398 e. The van der Waals surface area contributed by atoms with Gasteiger partial charge in [-0.1, -0.05) is 28.9 Å². The number of anilines is 1. The smallest absolute Gasteiger partial charge is 0.0590 e. The molecule has 1 saturated heterocycles. The van der Waals surface area contributed by atoms with Gasteiger partial charge in [0.1, 0.15) is 0 Å². The van der Waals surface area contributed by atoms with Crippen molar-refractivity contribution in [3.05, 3.63) is 28.2 Å². The molecule has 0 bridgehead atoms. The molecule has 3 nitrogen and oxygen atoms in total. The van der Waals surface area contributed by atoms with Crippen molar-refractivity contribution in [1.82, 2.24) is 4.90 Å². The Morgan fingerprint density at radius 2 is 2.29 bits per heavy atom. The summed E-state index contributed by atoms with van der Waals surface area (Å²) >= 11 is 3.41. The van der Waals surface area contributed by atoms with Crippen LogP contribution in [0, 0.1) is 5.92 Å². The number of rotatable bonds is 2. The van der Waals surface area contributed by atoms with Crippen LogP contribution in [0.15, 0.2) is 22.7 Å². The van der Waals surface area contributed by atoms with Gasteiger partial charge in [0.05, 0.1) is 6.10 Å². The second-order valence-corrected chi connectivity index (χ2v) is 5.83. The lowest BCUT2D eigenvalue weighted by molar-refractivity contribution is 0.0321. The van der Waals surface area contributed by atoms with Crippen LogP contribution in [-0.2, 0) is 6.54 Å². The van der Waals surface area contributed by atoms with Gasteiger partial charge < -0.3 is 10.8 Å². The molecule has 2 unspecified atom stereocenters. The summed E-state index contributed by atoms with van der Waals surface area (Å²) in [6.07, 6.45) is 0.714. The quantitative estimate of drug-likeness (QED) is 0.823. The van der Waals surface area contributed by atoms with E-state index >= 15 is 0 Å². The summed E-state index contributed by atoms with van der Waals surface area (Å²) in [7, 11) is 0. The highest BCUT2D eigenvalue weighted by Gasteiger charge is 2.24. The van der Waals surface area contributed by atoms with E-state index < -0.39 is 0 Å². The lowest BCUT2D eigenvalue weighted by atomic mass is 9.96. The first kappa shape index (κ1) is 12.9. The zero-order valence-corrected chi connectivity index (χ0v) is 11.7. The molecule has 1 aromatic carbocycles. The van der Waals surface area contributed by atoms with Crippen LogP contribution in [0.5, 0.6) is 0 Å². The maximum Gasteiger partial charge on any atom is 0.0590 e. The maximum absolute atomic E-state index is 9.69. The van der Waals surface area contributed by atoms with Crippen LogP contribution >= 0.6 is 15.9 Å². The molecule has 1 heterocycles. The minimum Gasteiger partial charge on any atom is -0.398 e. The number of nitrogens with zero attached hydrogens (tertiary/aromatic N) is 1. The molecule has 94 valence electrons. The highest BCUT2D eigenvalue weighted by molar-refractivity contribution is 9.10. The van der Waals surface area contributed by atoms with Gasteiger partial charge in [-0.15, -0.1) is 0 Å². The van der Waals surface area contributed by atoms with Crippen molar-refractivity contribution >= 4 is 21.6 Å². The highest BCUT2D eigenvalue weighted by atomic mass is 79.9. The summed E-state index contributed by atoms with van der Waals surface area (Å²) in [5.74, 6) is 0.348. The Bertz CT molecular complexity index is 397. The monoisotopic (exact) mass is 298 g/mol. The molecule has 0 aliphatic carbocycles. The van der Waals surface area contributed by atoms with Crippen molar-refractivity contribution in [1.29, 1.82) is 0 Å². The summed E-state index contributed by atoms with van der Waals surface area (Å²) in [5.41, 5.74) is 7.99. The van der Waals surface area contributed by atoms with Gasteiger partial charge in [-0.25, -0.2) is 0 Å². The zero-order chi connectivity index (χ0) is 12.4. The molecule has 1 aromatic rings. The number of likely N-dealkylation sites (tertiary alicyclic amines) is 1. The Labute approximate surface area is 111 Å². The minimum atomic E-state index is -0.145. The minimum absolute atomic E-state index is 0.145. The third kappa shape index (κ3) is 3.21. The number of hydrogen-bond acceptors (Lipinski definition) is 3. The predicted octanol–water partition coefficient (Wildman–Crippen LogP) is 2.23. The van der Waals surface area contributed by atoms with E-state index in [9.17, 15) is 5.11 Å². The molecule has 1 fully saturated rings. The van der Waals surface area contributed by atoms with E-state index in [1.807, 2.05) is 12.1 Å². The van der Waals surface area contributed by atoms with Crippen molar-refractivity contribution in [2.75, 3.05) is 18.8 Å². The average Bonchev–Trinajstić information content (AvgIpc) is 2.27. The normalized spacial score (nSPS) is 26.1. The van der Waals surface area contributed by atoms with Crippen LogP contribution in [0.4, 0.5) is 5.69 Å². The molecule has 1 aliphatic rings. The fourth-order valence-corrected chi connectivity index (χ4v) is 2.69. The molecule has 3 N–H and O–H groups in total. The van der Waals surface area contributed by atoms with Gasteiger partial charge in [-0.05, 0) is 30.0 Å². The third-order valence-electron chi connectivity index (χ3n) is 3.45. The van der Waals surface area contributed by atoms with E-state index in [2.05, 4.69) is 33.8 Å². The number of halogens is 1. The Morgan fingerprint density at radius 3 is 2.94 bits per heavy atom. The van der Waals surface area contributed by atoms with Gasteiger partial charge in [0.2, 0.25) is 0 Å². The average molecular weight is 299 g/mol. The van der Waals surface area contributed by atoms with Crippen LogP contribution in [-0.4, -0.2) is 29.2 Å². The molecule has 0 saturated carbocycles. The first-order chi connectivity index (χ1) is 8.06. The zero-order valence-electron chi connectivity index (χ0n) is 10.1. The van der Waals surface area contributed by atoms with E-state index in [0.29, 0.717) is 5.92 Å². The van der Waals surface area contributed by atoms with Crippen molar-refractivity contribution in [3.8, 4) is 0 Å². The summed E-state index contributed by atoms with van der Waals surface area (Å²) in [5, 5.41) is 9.69. The molecule has 0 amide bonds. The number of hydrogen-bond donors (Lipinski definition) is 2. The lowest BCUT2D eigenvalue weighted by Gasteiger charge is -2.34. The van der Waals surface area contributed by atoms with Crippen LogP contribution in [0.3, 0.4) is 0 Å². The Balaban J connectivity index is 2.01. The fraction of sp³-hybridized carbons (Fsp3) is 0.538. The SMILES string of the molecule is CC1CN(Cc2ccc(Br)cc2N)CCC1O. The molecule has 17 heavy (non-hydrogen) atoms. The third-order valence-corrected chi connectivity index (χ3v) is 3.94. The summed E-state index contributed by atoms with van der Waals surface area (Å²) in [4.78, 5) is 2.36. The van der Waals surface area contributed by atoms with Gasteiger partial charge in [-0.3, -0.25) is 4.90 Å². The second kappa shape index (κ2) is 5.38. The number of aliphatic hydroxyl groups is 1. The predicted molar refractivity (Wildman–Crippen MR) is 73.6 cm³/mol. The van der Waals surface area contributed by atoms with Crippen molar-refractivity contribution < 1.29 is 5.11 Å². The maximum atomic E-state index is 9.69. The number of aliphatic hydroxyl groups excluding tert-OH is 1. The van der Waals surface area contributed by atoms with Gasteiger partial charge in [0.25, 0.3) is 0 Å². The summed E-state index contributed by atoms with van der Waals surface area (Å²) in [6.45, 7) is 4.86. The Morgan fingerprint density at radius 1 is 1.53 bits per heavy atom. The van der Waals surface area contributed by atoms with Crippen molar-refractivity contribution in [3.63, 3.8) is 0 Å². The lowest BCUT2D eigenvalue weighted by Crippen LogP contribution is -2.41. The first-order valence-corrected chi connectivity index (χ1v) is 6.80. The van der Waals surface area contributed by atoms with E-state index in [-0.39, 0.29) is 6.10 Å². The summed E-state index contributed by atoms with van der Waals surface area (Å²) in [6, 6.07) is 6.03. The Kier molecular flexibility index (Phi) is 4.07. The van der Waals surface area contributed by atoms with Gasteiger partial charge >= 0.3 is 0 Å². The highest BCUT2D eigenvalue weighted by Crippen LogP contribution is 2.23. The fourth-order valence-electron chi connectivity index (χ4n) is 2.31. The number of nitrogen functional groups attached to an aromatic ring is 1. The topological polar surface area (TPSA) is 49.5 Å². The number of benzene rings is 1. The van der Waals surface area contributed by atoms with E-state index in [0.717, 1.165) is 41.8 Å². The van der Waals surface area contributed by atoms with E-state index in [1.54, 1.807) is 0 Å². The molecule has 0 radical (unpaired) electrons. The number of piperidine rings is 1. The molecule has 0 aromatic heterocycles. The molecule has 0 spiro atoms. The molecule has 2 rings (SSSR count). The van der Waals surface area contributed by atoms with Crippen LogP contribution in [0.1, 0.15) is 18.9 Å². The molecule has 2 atom stereocenters. The number of nitrogens with two attached hydrogens (primary N) is 1.